The van der Waals surface area contributed by atoms with Crippen molar-refractivity contribution in [1.29, 1.82) is 0 Å². The van der Waals surface area contributed by atoms with Crippen molar-refractivity contribution in [2.75, 3.05) is 12.3 Å². The predicted octanol–water partition coefficient (Wildman–Crippen LogP) is 3.81. The van der Waals surface area contributed by atoms with Crippen molar-refractivity contribution >= 4 is 39.2 Å². The monoisotopic (exact) mass is 384 g/mol. The molecule has 0 aliphatic rings. The molecule has 0 aliphatic heterocycles. The molecular formula is C18H16N4O2S2. The number of fused-ring (bicyclic) bond motifs is 1. The van der Waals surface area contributed by atoms with E-state index in [1.807, 2.05) is 42.1 Å². The van der Waals surface area contributed by atoms with Crippen molar-refractivity contribution in [3.63, 3.8) is 0 Å². The second-order valence-corrected chi connectivity index (χ2v) is 7.67. The molecule has 0 atom stereocenters. The van der Waals surface area contributed by atoms with Crippen LogP contribution in [-0.2, 0) is 7.05 Å². The maximum Gasteiger partial charge on any atom is 0.287 e. The number of aryl methyl sites for hydroxylation is 1. The molecule has 0 unspecified atom stereocenters. The molecule has 0 saturated heterocycles. The number of furan rings is 1. The van der Waals surface area contributed by atoms with Crippen LogP contribution in [0.1, 0.15) is 10.6 Å². The smallest absolute Gasteiger partial charge is 0.287 e. The Labute approximate surface area is 158 Å². The number of nitrogens with zero attached hydrogens (tertiary/aromatic N) is 3. The molecule has 6 nitrogen and oxygen atoms in total. The first-order valence-corrected chi connectivity index (χ1v) is 9.85. The molecule has 3 heterocycles. The van der Waals surface area contributed by atoms with Gasteiger partial charge in [0.05, 0.1) is 10.2 Å². The Bertz CT molecular complexity index is 1020. The summed E-state index contributed by atoms with van der Waals surface area (Å²) in [5, 5.41) is 4.56. The van der Waals surface area contributed by atoms with Gasteiger partial charge >= 0.3 is 0 Å². The topological polar surface area (TPSA) is 73.0 Å². The number of hydrogen-bond acceptors (Lipinski definition) is 6. The molecule has 1 N–H and O–H groups in total. The number of benzene rings is 1. The quantitative estimate of drug-likeness (QED) is 0.404. The van der Waals surface area contributed by atoms with Crippen LogP contribution < -0.4 is 5.32 Å². The highest BCUT2D eigenvalue weighted by molar-refractivity contribution is 7.99. The number of hydrogen-bond donors (Lipinski definition) is 1. The molecule has 0 fully saturated rings. The van der Waals surface area contributed by atoms with Crippen LogP contribution in [0.5, 0.6) is 0 Å². The Morgan fingerprint density at radius 2 is 2.19 bits per heavy atom. The van der Waals surface area contributed by atoms with E-state index in [0.717, 1.165) is 26.1 Å². The van der Waals surface area contributed by atoms with E-state index >= 15 is 0 Å². The van der Waals surface area contributed by atoms with Crippen molar-refractivity contribution in [3.05, 3.63) is 54.6 Å². The highest BCUT2D eigenvalue weighted by atomic mass is 32.2. The average Bonchev–Trinajstić information content (AvgIpc) is 3.37. The van der Waals surface area contributed by atoms with Crippen molar-refractivity contribution in [1.82, 2.24) is 19.9 Å². The Kier molecular flexibility index (Phi) is 4.77. The van der Waals surface area contributed by atoms with E-state index in [1.165, 1.54) is 0 Å². The molecule has 8 heteroatoms. The van der Waals surface area contributed by atoms with Gasteiger partial charge in [-0.2, -0.15) is 0 Å². The lowest BCUT2D eigenvalue weighted by Crippen LogP contribution is -2.25. The average molecular weight is 384 g/mol. The fourth-order valence-electron chi connectivity index (χ4n) is 2.44. The third-order valence-electron chi connectivity index (χ3n) is 3.73. The zero-order valence-electron chi connectivity index (χ0n) is 14.0. The first-order chi connectivity index (χ1) is 12.7. The Morgan fingerprint density at radius 1 is 1.31 bits per heavy atom. The van der Waals surface area contributed by atoms with Crippen LogP contribution >= 0.6 is 23.1 Å². The van der Waals surface area contributed by atoms with Crippen LogP contribution in [0.25, 0.3) is 21.0 Å². The summed E-state index contributed by atoms with van der Waals surface area (Å²) < 4.78 is 8.74. The van der Waals surface area contributed by atoms with Crippen LogP contribution in [0.2, 0.25) is 0 Å². The minimum absolute atomic E-state index is 0.224. The van der Waals surface area contributed by atoms with Gasteiger partial charge in [0.15, 0.2) is 21.7 Å². The van der Waals surface area contributed by atoms with E-state index in [4.69, 9.17) is 4.42 Å². The number of rotatable bonds is 6. The number of carbonyl (C=O) groups excluding carboxylic acids is 1. The summed E-state index contributed by atoms with van der Waals surface area (Å²) in [5.41, 5.74) is 0.932. The second-order valence-electron chi connectivity index (χ2n) is 5.58. The summed E-state index contributed by atoms with van der Waals surface area (Å²) >= 11 is 3.14. The lowest BCUT2D eigenvalue weighted by molar-refractivity contribution is 0.0929. The first-order valence-electron chi connectivity index (χ1n) is 8.05. The van der Waals surface area contributed by atoms with Gasteiger partial charge in [-0.15, -0.1) is 11.3 Å². The standard InChI is InChI=1S/C18H16N4O2S2/c1-22-10-8-20-18(22)25-11-9-19-16(23)13-6-7-14(24-13)17-21-12-4-2-3-5-15(12)26-17/h2-8,10H,9,11H2,1H3,(H,19,23). The van der Waals surface area contributed by atoms with Crippen LogP contribution in [0.15, 0.2) is 58.4 Å². The van der Waals surface area contributed by atoms with E-state index in [2.05, 4.69) is 15.3 Å². The molecule has 3 aromatic heterocycles. The van der Waals surface area contributed by atoms with Gasteiger partial charge in [0.2, 0.25) is 0 Å². The number of carbonyl (C=O) groups is 1. The maximum absolute atomic E-state index is 12.2. The van der Waals surface area contributed by atoms with E-state index in [1.54, 1.807) is 41.4 Å². The molecular weight excluding hydrogens is 368 g/mol. The Balaban J connectivity index is 1.36. The number of nitrogens with one attached hydrogen (secondary N) is 1. The van der Waals surface area contributed by atoms with Gasteiger partial charge in [0.1, 0.15) is 0 Å². The van der Waals surface area contributed by atoms with Gasteiger partial charge in [-0.05, 0) is 24.3 Å². The molecule has 0 radical (unpaired) electrons. The lowest BCUT2D eigenvalue weighted by Gasteiger charge is -2.03. The van der Waals surface area contributed by atoms with Gasteiger partial charge in [-0.3, -0.25) is 4.79 Å². The van der Waals surface area contributed by atoms with Crippen LogP contribution in [-0.4, -0.2) is 32.7 Å². The third kappa shape index (κ3) is 3.51. The fraction of sp³-hybridized carbons (Fsp3) is 0.167. The summed E-state index contributed by atoms with van der Waals surface area (Å²) in [7, 11) is 1.94. The first kappa shape index (κ1) is 16.9. The summed E-state index contributed by atoms with van der Waals surface area (Å²) in [5.74, 6) is 1.42. The fourth-order valence-corrected chi connectivity index (χ4v) is 4.15. The minimum atomic E-state index is -0.224. The van der Waals surface area contributed by atoms with Gasteiger partial charge in [0, 0.05) is 31.7 Å². The van der Waals surface area contributed by atoms with E-state index in [0.29, 0.717) is 18.1 Å². The van der Waals surface area contributed by atoms with Gasteiger partial charge in [-0.1, -0.05) is 23.9 Å². The van der Waals surface area contributed by atoms with Crippen molar-refractivity contribution in [2.45, 2.75) is 5.16 Å². The zero-order chi connectivity index (χ0) is 17.9. The van der Waals surface area contributed by atoms with E-state index in [-0.39, 0.29) is 5.91 Å². The van der Waals surface area contributed by atoms with Crippen molar-refractivity contribution < 1.29 is 9.21 Å². The van der Waals surface area contributed by atoms with Crippen LogP contribution in [0.4, 0.5) is 0 Å². The van der Waals surface area contributed by atoms with Gasteiger partial charge in [0.25, 0.3) is 5.91 Å². The highest BCUT2D eigenvalue weighted by Gasteiger charge is 2.14. The molecule has 0 spiro atoms. The molecule has 0 bridgehead atoms. The SMILES string of the molecule is Cn1ccnc1SCCNC(=O)c1ccc(-c2nc3ccccc3s2)o1. The molecule has 26 heavy (non-hydrogen) atoms. The van der Waals surface area contributed by atoms with E-state index in [9.17, 15) is 4.79 Å². The predicted molar refractivity (Wildman–Crippen MR) is 104 cm³/mol. The number of thioether (sulfide) groups is 1. The number of aromatic nitrogens is 3. The summed E-state index contributed by atoms with van der Waals surface area (Å²) in [6.45, 7) is 0.535. The Morgan fingerprint density at radius 3 is 3.00 bits per heavy atom. The largest absolute Gasteiger partial charge is 0.448 e. The van der Waals surface area contributed by atoms with Crippen LogP contribution in [0, 0.1) is 0 Å². The Hall–Kier alpha value is -2.58. The van der Waals surface area contributed by atoms with E-state index < -0.39 is 0 Å². The van der Waals surface area contributed by atoms with Gasteiger partial charge in [-0.25, -0.2) is 9.97 Å². The number of para-hydroxylation sites is 1. The number of imidazole rings is 1. The lowest BCUT2D eigenvalue weighted by atomic mass is 10.3. The third-order valence-corrected chi connectivity index (χ3v) is 5.84. The van der Waals surface area contributed by atoms with Crippen molar-refractivity contribution in [2.24, 2.45) is 7.05 Å². The van der Waals surface area contributed by atoms with Gasteiger partial charge < -0.3 is 14.3 Å². The molecule has 1 aromatic carbocycles. The highest BCUT2D eigenvalue weighted by Crippen LogP contribution is 2.31. The second kappa shape index (κ2) is 7.35. The normalized spacial score (nSPS) is 11.1. The number of thiazole rings is 1. The minimum Gasteiger partial charge on any atom is -0.448 e. The molecule has 0 aliphatic carbocycles. The molecule has 0 saturated carbocycles. The maximum atomic E-state index is 12.2. The van der Waals surface area contributed by atoms with Crippen LogP contribution in [0.3, 0.4) is 0 Å². The molecule has 4 rings (SSSR count). The molecule has 132 valence electrons. The summed E-state index contributed by atoms with van der Waals surface area (Å²) in [6, 6.07) is 11.4. The van der Waals surface area contributed by atoms with Crippen molar-refractivity contribution in [3.8, 4) is 10.8 Å². The molecule has 4 aromatic rings. The zero-order valence-corrected chi connectivity index (χ0v) is 15.6. The molecule has 1 amide bonds. The number of amides is 1. The summed E-state index contributed by atoms with van der Waals surface area (Å²) in [4.78, 5) is 21.0. The summed E-state index contributed by atoms with van der Waals surface area (Å²) in [6.07, 6.45) is 3.65.